The Hall–Kier alpha value is -2.09. The molecule has 0 saturated carbocycles. The number of nitrogens with zero attached hydrogens (tertiary/aromatic N) is 1. The van der Waals surface area contributed by atoms with E-state index in [1.54, 1.807) is 0 Å². The summed E-state index contributed by atoms with van der Waals surface area (Å²) in [6.07, 6.45) is 2.55. The predicted octanol–water partition coefficient (Wildman–Crippen LogP) is 1.57. The number of hydrogen-bond donors (Lipinski definition) is 3. The Labute approximate surface area is 156 Å². The van der Waals surface area contributed by atoms with Gasteiger partial charge in [0, 0.05) is 38.0 Å². The third-order valence-electron chi connectivity index (χ3n) is 3.59. The van der Waals surface area contributed by atoms with Crippen molar-refractivity contribution in [2.24, 2.45) is 4.99 Å². The van der Waals surface area contributed by atoms with E-state index in [0.717, 1.165) is 24.2 Å². The van der Waals surface area contributed by atoms with Crippen molar-refractivity contribution in [3.8, 4) is 0 Å². The van der Waals surface area contributed by atoms with Crippen molar-refractivity contribution in [1.82, 2.24) is 10.6 Å². The van der Waals surface area contributed by atoms with Crippen LogP contribution in [0.15, 0.2) is 29.3 Å². The van der Waals surface area contributed by atoms with Gasteiger partial charge in [0.1, 0.15) is 9.84 Å². The Balaban J connectivity index is 2.53. The van der Waals surface area contributed by atoms with E-state index in [1.807, 2.05) is 38.1 Å². The first-order valence-corrected chi connectivity index (χ1v) is 10.8. The van der Waals surface area contributed by atoms with Gasteiger partial charge in [-0.1, -0.05) is 12.1 Å². The highest BCUT2D eigenvalue weighted by Gasteiger charge is 2.09. The second kappa shape index (κ2) is 10.8. The summed E-state index contributed by atoms with van der Waals surface area (Å²) >= 11 is 0. The van der Waals surface area contributed by atoms with Crippen LogP contribution in [0.3, 0.4) is 0 Å². The second-order valence-corrected chi connectivity index (χ2v) is 8.61. The molecule has 1 aromatic carbocycles. The molecule has 1 aromatic rings. The SMILES string of the molecule is CCNC(=NCCc1ccc(NC(C)=O)cc1)NC(C)CCS(C)(=O)=O. The average molecular weight is 383 g/mol. The Morgan fingerprint density at radius 2 is 1.88 bits per heavy atom. The number of anilines is 1. The van der Waals surface area contributed by atoms with Crippen LogP contribution in [0.1, 0.15) is 32.8 Å². The van der Waals surface area contributed by atoms with E-state index < -0.39 is 9.84 Å². The van der Waals surface area contributed by atoms with E-state index >= 15 is 0 Å². The van der Waals surface area contributed by atoms with Crippen LogP contribution in [0.4, 0.5) is 5.69 Å². The van der Waals surface area contributed by atoms with Crippen LogP contribution >= 0.6 is 0 Å². The predicted molar refractivity (Wildman–Crippen MR) is 107 cm³/mol. The third kappa shape index (κ3) is 10.0. The zero-order valence-electron chi connectivity index (χ0n) is 16.0. The molecule has 1 rings (SSSR count). The average Bonchev–Trinajstić information content (AvgIpc) is 2.53. The molecule has 0 radical (unpaired) electrons. The molecule has 0 aliphatic carbocycles. The maximum atomic E-state index is 11.3. The lowest BCUT2D eigenvalue weighted by molar-refractivity contribution is -0.114. The molecule has 0 heterocycles. The highest BCUT2D eigenvalue weighted by Crippen LogP contribution is 2.10. The van der Waals surface area contributed by atoms with E-state index in [4.69, 9.17) is 0 Å². The van der Waals surface area contributed by atoms with Crippen molar-refractivity contribution >= 4 is 27.4 Å². The lowest BCUT2D eigenvalue weighted by atomic mass is 10.1. The van der Waals surface area contributed by atoms with Crippen LogP contribution < -0.4 is 16.0 Å². The minimum Gasteiger partial charge on any atom is -0.357 e. The quantitative estimate of drug-likeness (QED) is 0.445. The first-order chi connectivity index (χ1) is 12.2. The number of amides is 1. The molecular weight excluding hydrogens is 352 g/mol. The van der Waals surface area contributed by atoms with Crippen LogP contribution in [0.2, 0.25) is 0 Å². The van der Waals surface area contributed by atoms with E-state index in [9.17, 15) is 13.2 Å². The van der Waals surface area contributed by atoms with Crippen LogP contribution in [-0.2, 0) is 21.1 Å². The molecule has 0 aliphatic heterocycles. The van der Waals surface area contributed by atoms with Gasteiger partial charge in [-0.2, -0.15) is 0 Å². The third-order valence-corrected chi connectivity index (χ3v) is 4.57. The molecule has 1 unspecified atom stereocenters. The van der Waals surface area contributed by atoms with Gasteiger partial charge in [-0.25, -0.2) is 8.42 Å². The zero-order chi connectivity index (χ0) is 19.6. The number of sulfone groups is 1. The van der Waals surface area contributed by atoms with Crippen molar-refractivity contribution in [3.63, 3.8) is 0 Å². The molecule has 0 bridgehead atoms. The summed E-state index contributed by atoms with van der Waals surface area (Å²) in [4.78, 5) is 15.6. The maximum absolute atomic E-state index is 11.3. The molecule has 26 heavy (non-hydrogen) atoms. The van der Waals surface area contributed by atoms with Gasteiger partial charge in [-0.05, 0) is 44.4 Å². The van der Waals surface area contributed by atoms with Crippen molar-refractivity contribution in [1.29, 1.82) is 0 Å². The van der Waals surface area contributed by atoms with Gasteiger partial charge in [0.05, 0.1) is 5.75 Å². The number of hydrogen-bond acceptors (Lipinski definition) is 4. The topological polar surface area (TPSA) is 99.7 Å². The van der Waals surface area contributed by atoms with Gasteiger partial charge in [-0.3, -0.25) is 9.79 Å². The summed E-state index contributed by atoms with van der Waals surface area (Å²) in [6.45, 7) is 6.75. The highest BCUT2D eigenvalue weighted by molar-refractivity contribution is 7.90. The van der Waals surface area contributed by atoms with Gasteiger partial charge in [0.25, 0.3) is 0 Å². The summed E-state index contributed by atoms with van der Waals surface area (Å²) in [5, 5.41) is 9.14. The first-order valence-electron chi connectivity index (χ1n) is 8.78. The van der Waals surface area contributed by atoms with E-state index in [2.05, 4.69) is 20.9 Å². The Morgan fingerprint density at radius 3 is 2.42 bits per heavy atom. The van der Waals surface area contributed by atoms with Crippen molar-refractivity contribution in [2.45, 2.75) is 39.7 Å². The molecule has 0 fully saturated rings. The normalized spacial score (nSPS) is 13.2. The molecule has 1 atom stereocenters. The standard InChI is InChI=1S/C18H30N4O3S/c1-5-19-18(21-14(2)11-13-26(4,24)25)20-12-10-16-6-8-17(9-7-16)22-15(3)23/h6-9,14H,5,10-13H2,1-4H3,(H,22,23)(H2,19,20,21). The van der Waals surface area contributed by atoms with Crippen molar-refractivity contribution < 1.29 is 13.2 Å². The van der Waals surface area contributed by atoms with Crippen LogP contribution in [0.25, 0.3) is 0 Å². The molecule has 146 valence electrons. The second-order valence-electron chi connectivity index (χ2n) is 6.35. The molecule has 8 heteroatoms. The number of aliphatic imine (C=N–C) groups is 1. The van der Waals surface area contributed by atoms with Gasteiger partial charge in [0.2, 0.25) is 5.91 Å². The zero-order valence-corrected chi connectivity index (χ0v) is 16.8. The van der Waals surface area contributed by atoms with Gasteiger partial charge >= 0.3 is 0 Å². The smallest absolute Gasteiger partial charge is 0.221 e. The molecule has 0 spiro atoms. The summed E-state index contributed by atoms with van der Waals surface area (Å²) in [7, 11) is -2.96. The summed E-state index contributed by atoms with van der Waals surface area (Å²) in [6, 6.07) is 7.69. The van der Waals surface area contributed by atoms with Gasteiger partial charge in [-0.15, -0.1) is 0 Å². The molecule has 0 aromatic heterocycles. The Kier molecular flexibility index (Phi) is 9.12. The lowest BCUT2D eigenvalue weighted by Crippen LogP contribution is -2.43. The fourth-order valence-electron chi connectivity index (χ4n) is 2.27. The van der Waals surface area contributed by atoms with Crippen LogP contribution in [0.5, 0.6) is 0 Å². The van der Waals surface area contributed by atoms with E-state index in [1.165, 1.54) is 13.2 Å². The molecule has 3 N–H and O–H groups in total. The Bertz CT molecular complexity index is 700. The number of carbonyl (C=O) groups excluding carboxylic acids is 1. The fourth-order valence-corrected chi connectivity index (χ4v) is 3.05. The minimum absolute atomic E-state index is 0.0134. The molecule has 7 nitrogen and oxygen atoms in total. The Morgan fingerprint density at radius 1 is 1.23 bits per heavy atom. The highest BCUT2D eigenvalue weighted by atomic mass is 32.2. The molecule has 1 amide bonds. The maximum Gasteiger partial charge on any atom is 0.221 e. The van der Waals surface area contributed by atoms with Crippen LogP contribution in [-0.4, -0.2) is 51.4 Å². The summed E-state index contributed by atoms with van der Waals surface area (Å²) < 4.78 is 22.5. The van der Waals surface area contributed by atoms with Crippen LogP contribution in [0, 0.1) is 0 Å². The monoisotopic (exact) mass is 382 g/mol. The number of benzene rings is 1. The van der Waals surface area contributed by atoms with Gasteiger partial charge < -0.3 is 16.0 Å². The number of carbonyl (C=O) groups is 1. The minimum atomic E-state index is -2.96. The lowest BCUT2D eigenvalue weighted by Gasteiger charge is -2.17. The number of nitrogens with one attached hydrogen (secondary N) is 3. The molecule has 0 aliphatic rings. The summed E-state index contributed by atoms with van der Waals surface area (Å²) in [5.41, 5.74) is 1.91. The fraction of sp³-hybridized carbons (Fsp3) is 0.556. The van der Waals surface area contributed by atoms with E-state index in [-0.39, 0.29) is 17.7 Å². The summed E-state index contributed by atoms with van der Waals surface area (Å²) in [5.74, 6) is 0.748. The first kappa shape index (κ1) is 22.0. The van der Waals surface area contributed by atoms with Crippen molar-refractivity contribution in [3.05, 3.63) is 29.8 Å². The van der Waals surface area contributed by atoms with Crippen molar-refractivity contribution in [2.75, 3.05) is 30.4 Å². The van der Waals surface area contributed by atoms with Gasteiger partial charge in [0.15, 0.2) is 5.96 Å². The molecule has 0 saturated heterocycles. The largest absolute Gasteiger partial charge is 0.357 e. The number of guanidine groups is 1. The van der Waals surface area contributed by atoms with E-state index in [0.29, 0.717) is 18.9 Å². The molecular formula is C18H30N4O3S. The number of rotatable bonds is 9.